The molecule has 4 heteroatoms. The molecular formula is C24H23NO3. The normalized spacial score (nSPS) is 11.5. The fraction of sp³-hybridized carbons (Fsp3) is 0.167. The SMILES string of the molecule is CC(=O)NCc1ccc(C(=O)OC(Cc2ccccc2)c2ccccc2)cc1. The third kappa shape index (κ3) is 5.55. The maximum atomic E-state index is 12.7. The van der Waals surface area contributed by atoms with E-state index in [1.807, 2.05) is 72.8 Å². The van der Waals surface area contributed by atoms with Crippen LogP contribution in [0.2, 0.25) is 0 Å². The van der Waals surface area contributed by atoms with Crippen molar-refractivity contribution in [1.29, 1.82) is 0 Å². The highest BCUT2D eigenvalue weighted by Crippen LogP contribution is 2.24. The molecule has 0 saturated carbocycles. The number of rotatable bonds is 7. The molecule has 0 aromatic heterocycles. The second-order valence-electron chi connectivity index (χ2n) is 6.60. The minimum absolute atomic E-state index is 0.0879. The van der Waals surface area contributed by atoms with Gasteiger partial charge in [0, 0.05) is 19.9 Å². The number of esters is 1. The molecule has 4 nitrogen and oxygen atoms in total. The Morgan fingerprint density at radius 1 is 0.821 bits per heavy atom. The van der Waals surface area contributed by atoms with E-state index in [2.05, 4.69) is 5.32 Å². The number of nitrogens with one attached hydrogen (secondary N) is 1. The summed E-state index contributed by atoms with van der Waals surface area (Å²) in [6.07, 6.45) is 0.243. The van der Waals surface area contributed by atoms with E-state index in [1.165, 1.54) is 6.92 Å². The maximum absolute atomic E-state index is 12.7. The van der Waals surface area contributed by atoms with Crippen molar-refractivity contribution in [3.8, 4) is 0 Å². The number of ether oxygens (including phenoxy) is 1. The third-order valence-corrected chi connectivity index (χ3v) is 4.42. The van der Waals surface area contributed by atoms with Gasteiger partial charge in [0.2, 0.25) is 5.91 Å². The van der Waals surface area contributed by atoms with E-state index in [9.17, 15) is 9.59 Å². The van der Waals surface area contributed by atoms with Crippen molar-refractivity contribution in [2.24, 2.45) is 0 Å². The Morgan fingerprint density at radius 3 is 2.04 bits per heavy atom. The van der Waals surface area contributed by atoms with Gasteiger partial charge in [0.15, 0.2) is 0 Å². The van der Waals surface area contributed by atoms with Crippen LogP contribution < -0.4 is 5.32 Å². The van der Waals surface area contributed by atoms with Gasteiger partial charge < -0.3 is 10.1 Å². The van der Waals surface area contributed by atoms with Crippen LogP contribution in [0, 0.1) is 0 Å². The molecule has 0 saturated heterocycles. The highest BCUT2D eigenvalue weighted by atomic mass is 16.5. The molecule has 28 heavy (non-hydrogen) atoms. The molecular weight excluding hydrogens is 350 g/mol. The van der Waals surface area contributed by atoms with Gasteiger partial charge in [0.1, 0.15) is 6.10 Å². The first kappa shape index (κ1) is 19.4. The molecule has 0 radical (unpaired) electrons. The number of amides is 1. The second-order valence-corrected chi connectivity index (χ2v) is 6.60. The summed E-state index contributed by atoms with van der Waals surface area (Å²) in [5.41, 5.74) is 3.48. The molecule has 0 aliphatic rings. The predicted octanol–water partition coefficient (Wildman–Crippen LogP) is 4.46. The summed E-state index contributed by atoms with van der Waals surface area (Å²) in [6, 6.07) is 26.8. The van der Waals surface area contributed by atoms with Crippen LogP contribution in [0.5, 0.6) is 0 Å². The first-order chi connectivity index (χ1) is 13.6. The Bertz CT molecular complexity index is 906. The lowest BCUT2D eigenvalue weighted by Gasteiger charge is -2.19. The van der Waals surface area contributed by atoms with Crippen molar-refractivity contribution in [3.63, 3.8) is 0 Å². The molecule has 1 atom stereocenters. The largest absolute Gasteiger partial charge is 0.454 e. The predicted molar refractivity (Wildman–Crippen MR) is 109 cm³/mol. The van der Waals surface area contributed by atoms with Crippen molar-refractivity contribution < 1.29 is 14.3 Å². The molecule has 0 fully saturated rings. The maximum Gasteiger partial charge on any atom is 0.338 e. The first-order valence-electron chi connectivity index (χ1n) is 9.25. The fourth-order valence-electron chi connectivity index (χ4n) is 2.91. The zero-order chi connectivity index (χ0) is 19.8. The minimum Gasteiger partial charge on any atom is -0.454 e. The fourth-order valence-corrected chi connectivity index (χ4v) is 2.91. The summed E-state index contributed by atoms with van der Waals surface area (Å²) in [7, 11) is 0. The lowest BCUT2D eigenvalue weighted by molar-refractivity contribution is -0.119. The number of benzene rings is 3. The average molecular weight is 373 g/mol. The lowest BCUT2D eigenvalue weighted by atomic mass is 10.0. The van der Waals surface area contributed by atoms with Crippen LogP contribution in [-0.4, -0.2) is 11.9 Å². The molecule has 0 bridgehead atoms. The molecule has 0 aliphatic heterocycles. The van der Waals surface area contributed by atoms with Crippen molar-refractivity contribution in [2.45, 2.75) is 26.0 Å². The van der Waals surface area contributed by atoms with Gasteiger partial charge in [0.05, 0.1) is 5.56 Å². The van der Waals surface area contributed by atoms with Crippen molar-refractivity contribution >= 4 is 11.9 Å². The van der Waals surface area contributed by atoms with Gasteiger partial charge in [-0.25, -0.2) is 4.79 Å². The zero-order valence-electron chi connectivity index (χ0n) is 15.8. The third-order valence-electron chi connectivity index (χ3n) is 4.42. The van der Waals surface area contributed by atoms with Crippen LogP contribution in [0.4, 0.5) is 0 Å². The summed E-state index contributed by atoms with van der Waals surface area (Å²) >= 11 is 0. The van der Waals surface area contributed by atoms with Crippen LogP contribution in [0.25, 0.3) is 0 Å². The zero-order valence-corrected chi connectivity index (χ0v) is 15.8. The first-order valence-corrected chi connectivity index (χ1v) is 9.25. The van der Waals surface area contributed by atoms with Gasteiger partial charge in [-0.05, 0) is 28.8 Å². The van der Waals surface area contributed by atoms with E-state index >= 15 is 0 Å². The van der Waals surface area contributed by atoms with E-state index in [4.69, 9.17) is 4.74 Å². The summed E-state index contributed by atoms with van der Waals surface area (Å²) in [5.74, 6) is -0.453. The Morgan fingerprint density at radius 2 is 1.43 bits per heavy atom. The van der Waals surface area contributed by atoms with Gasteiger partial charge in [-0.1, -0.05) is 72.8 Å². The molecule has 1 unspecified atom stereocenters. The molecule has 3 aromatic carbocycles. The molecule has 0 spiro atoms. The average Bonchev–Trinajstić information content (AvgIpc) is 2.73. The van der Waals surface area contributed by atoms with Gasteiger partial charge in [-0.2, -0.15) is 0 Å². The summed E-state index contributed by atoms with van der Waals surface area (Å²) in [6.45, 7) is 1.91. The van der Waals surface area contributed by atoms with Gasteiger partial charge in [-0.3, -0.25) is 4.79 Å². The highest BCUT2D eigenvalue weighted by Gasteiger charge is 2.18. The monoisotopic (exact) mass is 373 g/mol. The van der Waals surface area contributed by atoms with Crippen LogP contribution in [0.15, 0.2) is 84.9 Å². The molecule has 3 rings (SSSR count). The Labute approximate surface area is 165 Å². The van der Waals surface area contributed by atoms with E-state index in [1.54, 1.807) is 12.1 Å². The smallest absolute Gasteiger partial charge is 0.338 e. The minimum atomic E-state index is -0.366. The second kappa shape index (κ2) is 9.51. The number of carbonyl (C=O) groups excluding carboxylic acids is 2. The van der Waals surface area contributed by atoms with Crippen LogP contribution in [0.3, 0.4) is 0 Å². The van der Waals surface area contributed by atoms with Crippen molar-refractivity contribution in [1.82, 2.24) is 5.32 Å². The van der Waals surface area contributed by atoms with Crippen molar-refractivity contribution in [3.05, 3.63) is 107 Å². The molecule has 1 N–H and O–H groups in total. The van der Waals surface area contributed by atoms with Crippen LogP contribution in [-0.2, 0) is 22.5 Å². The summed E-state index contributed by atoms with van der Waals surface area (Å²) in [5, 5.41) is 2.74. The summed E-state index contributed by atoms with van der Waals surface area (Å²) < 4.78 is 5.86. The Kier molecular flexibility index (Phi) is 6.58. The molecule has 0 heterocycles. The molecule has 3 aromatic rings. The quantitative estimate of drug-likeness (QED) is 0.622. The number of hydrogen-bond donors (Lipinski definition) is 1. The Hall–Kier alpha value is -3.40. The van der Waals surface area contributed by atoms with Crippen LogP contribution >= 0.6 is 0 Å². The van der Waals surface area contributed by atoms with Crippen molar-refractivity contribution in [2.75, 3.05) is 0 Å². The molecule has 0 aliphatic carbocycles. The highest BCUT2D eigenvalue weighted by molar-refractivity contribution is 5.89. The van der Waals surface area contributed by atoms with E-state index in [0.29, 0.717) is 18.5 Å². The molecule has 142 valence electrons. The standard InChI is InChI=1S/C24H23NO3/c1-18(26)25-17-20-12-14-22(15-13-20)24(27)28-23(21-10-6-3-7-11-21)16-19-8-4-2-5-9-19/h2-15,23H,16-17H2,1H3,(H,25,26). The van der Waals surface area contributed by atoms with Gasteiger partial charge in [0.25, 0.3) is 0 Å². The lowest BCUT2D eigenvalue weighted by Crippen LogP contribution is -2.19. The van der Waals surface area contributed by atoms with E-state index < -0.39 is 0 Å². The van der Waals surface area contributed by atoms with E-state index in [0.717, 1.165) is 16.7 Å². The topological polar surface area (TPSA) is 55.4 Å². The van der Waals surface area contributed by atoms with E-state index in [-0.39, 0.29) is 18.0 Å². The van der Waals surface area contributed by atoms with Gasteiger partial charge in [-0.15, -0.1) is 0 Å². The van der Waals surface area contributed by atoms with Crippen LogP contribution in [0.1, 0.15) is 40.1 Å². The summed E-state index contributed by atoms with van der Waals surface area (Å²) in [4.78, 5) is 23.7. The Balaban J connectivity index is 1.72. The number of carbonyl (C=O) groups is 2. The number of hydrogen-bond acceptors (Lipinski definition) is 3. The van der Waals surface area contributed by atoms with Gasteiger partial charge >= 0.3 is 5.97 Å². The molecule has 1 amide bonds.